The third-order valence-electron chi connectivity index (χ3n) is 10.9. The van der Waals surface area contributed by atoms with E-state index < -0.39 is 175 Å². The van der Waals surface area contributed by atoms with Crippen LogP contribution in [0, 0.1) is 0 Å². The molecule has 66 heavy (non-hydrogen) atoms. The molecule has 2 aliphatic heterocycles. The summed E-state index contributed by atoms with van der Waals surface area (Å²) in [5, 5.41) is 170. The van der Waals surface area contributed by atoms with Gasteiger partial charge in [0, 0.05) is 70.5 Å². The van der Waals surface area contributed by atoms with Crippen molar-refractivity contribution in [1.82, 2.24) is 0 Å². The minimum absolute atomic E-state index is 0.0847. The second kappa shape index (κ2) is 15.8. The highest BCUT2D eigenvalue weighted by Crippen LogP contribution is 2.58. The highest BCUT2D eigenvalue weighted by Gasteiger charge is 2.44. The Kier molecular flexibility index (Phi) is 10.4. The van der Waals surface area contributed by atoms with Gasteiger partial charge in [-0.1, -0.05) is 0 Å². The molecule has 22 nitrogen and oxygen atoms in total. The summed E-state index contributed by atoms with van der Waals surface area (Å²) < 4.78 is 23.8. The van der Waals surface area contributed by atoms with Crippen molar-refractivity contribution in [2.24, 2.45) is 0 Å². The molecular weight excluding hydrogens is 880 g/mol. The molecule has 16 N–H and O–H groups in total. The number of carbonyl (C=O) groups excluding carboxylic acids is 2. The Hall–Kier alpha value is -9.34. The molecule has 1 unspecified atom stereocenters. The number of phenolic OH excluding ortho intramolecular Hbond substituents is 16. The Morgan fingerprint density at radius 1 is 0.394 bits per heavy atom. The molecule has 0 bridgehead atoms. The van der Waals surface area contributed by atoms with Gasteiger partial charge in [0.05, 0.1) is 11.1 Å². The first-order chi connectivity index (χ1) is 31.1. The summed E-state index contributed by atoms with van der Waals surface area (Å²) in [6.07, 6.45) is -8.25. The first kappa shape index (κ1) is 43.3. The van der Waals surface area contributed by atoms with E-state index in [0.29, 0.717) is 0 Å². The van der Waals surface area contributed by atoms with Crippen LogP contribution in [0.15, 0.2) is 60.7 Å². The Morgan fingerprint density at radius 2 is 0.712 bits per heavy atom. The third-order valence-corrected chi connectivity index (χ3v) is 10.9. The van der Waals surface area contributed by atoms with Gasteiger partial charge < -0.3 is 101 Å². The predicted octanol–water partition coefficient (Wildman–Crippen LogP) is 4.45. The lowest BCUT2D eigenvalue weighted by molar-refractivity contribution is -0.0196. The molecule has 2 aliphatic rings. The van der Waals surface area contributed by atoms with Gasteiger partial charge in [-0.15, -0.1) is 0 Å². The van der Waals surface area contributed by atoms with Crippen LogP contribution in [0.25, 0.3) is 11.1 Å². The maximum atomic E-state index is 13.7. The van der Waals surface area contributed by atoms with Crippen LogP contribution in [-0.2, 0) is 22.3 Å². The molecule has 6 aromatic carbocycles. The lowest BCUT2D eigenvalue weighted by atomic mass is 9.83. The molecule has 4 atom stereocenters. The SMILES string of the molecule is O=C(OC1Cc2c(O)cc(O)cc2O[C@@H]1c1cc(O)c(O)c(O)c1-c1c([C@H]2Oc3cc(O)cc(O)c3C[C@H]2OC(=O)c2cc(O)c(O)c(O)c2)cc(O)c(O)c1O)c1cc(O)c(O)c(O)c1. The van der Waals surface area contributed by atoms with Crippen LogP contribution in [-0.4, -0.2) is 106 Å². The molecule has 0 aliphatic carbocycles. The number of rotatable bonds is 7. The lowest BCUT2D eigenvalue weighted by Gasteiger charge is -2.37. The fourth-order valence-corrected chi connectivity index (χ4v) is 7.79. The molecule has 0 spiro atoms. The molecule has 0 amide bonds. The zero-order chi connectivity index (χ0) is 47.8. The summed E-state index contributed by atoms with van der Waals surface area (Å²) in [6.45, 7) is 0. The smallest absolute Gasteiger partial charge is 0.338 e. The topological polar surface area (TPSA) is 395 Å². The molecule has 2 heterocycles. The maximum Gasteiger partial charge on any atom is 0.338 e. The average molecular weight is 915 g/mol. The zero-order valence-corrected chi connectivity index (χ0v) is 33.1. The van der Waals surface area contributed by atoms with Crippen LogP contribution in [0.4, 0.5) is 0 Å². The summed E-state index contributed by atoms with van der Waals surface area (Å²) in [4.78, 5) is 27.3. The number of carbonyl (C=O) groups is 2. The van der Waals surface area contributed by atoms with Crippen molar-refractivity contribution in [2.45, 2.75) is 37.3 Å². The fourth-order valence-electron chi connectivity index (χ4n) is 7.79. The molecule has 8 rings (SSSR count). The zero-order valence-electron chi connectivity index (χ0n) is 33.1. The molecule has 0 radical (unpaired) electrons. The number of phenols is 16. The lowest BCUT2D eigenvalue weighted by Crippen LogP contribution is -2.36. The standard InChI is InChI=1S/C44H34O22/c45-15-5-21(47)17-11-31(65-43(61)13-1-23(49)35(55)24(50)2-13)41(63-29(17)7-15)19-9-27(53)37(57)39(59)33(19)34-20(10-28(54)38(58)40(34)60)42-32(12-18-22(48)6-16(46)8-30(18)64-42)66-44(62)14-3-25(51)36(56)26(52)4-14/h1-10,31-32,41-42,45-60H,11-12H2/t31-,32?,41-,42-/m1/s1. The third kappa shape index (κ3) is 7.32. The van der Waals surface area contributed by atoms with Crippen molar-refractivity contribution in [2.75, 3.05) is 0 Å². The van der Waals surface area contributed by atoms with Crippen LogP contribution in [0.2, 0.25) is 0 Å². The number of benzene rings is 6. The minimum atomic E-state index is -1.87. The van der Waals surface area contributed by atoms with Gasteiger partial charge in [0.2, 0.25) is 11.5 Å². The number of ether oxygens (including phenoxy) is 4. The van der Waals surface area contributed by atoms with Crippen LogP contribution in [0.5, 0.6) is 103 Å². The van der Waals surface area contributed by atoms with Crippen LogP contribution in [0.3, 0.4) is 0 Å². The average Bonchev–Trinajstić information content (AvgIpc) is 3.25. The van der Waals surface area contributed by atoms with E-state index in [1.807, 2.05) is 0 Å². The van der Waals surface area contributed by atoms with Gasteiger partial charge in [-0.25, -0.2) is 9.59 Å². The molecule has 22 heteroatoms. The summed E-state index contributed by atoms with van der Waals surface area (Å²) in [5.41, 5.74) is -3.93. The van der Waals surface area contributed by atoms with Crippen LogP contribution in [0.1, 0.15) is 55.2 Å². The Bertz CT molecular complexity index is 2790. The number of hydrogen-bond donors (Lipinski definition) is 16. The van der Waals surface area contributed by atoms with E-state index in [1.165, 1.54) is 0 Å². The largest absolute Gasteiger partial charge is 0.508 e. The number of hydrogen-bond acceptors (Lipinski definition) is 22. The monoisotopic (exact) mass is 914 g/mol. The van der Waals surface area contributed by atoms with E-state index in [0.717, 1.165) is 60.7 Å². The Balaban J connectivity index is 1.34. The van der Waals surface area contributed by atoms with Crippen LogP contribution < -0.4 is 9.47 Å². The normalized spacial score (nSPS) is 17.4. The molecule has 0 aromatic heterocycles. The van der Waals surface area contributed by atoms with Crippen molar-refractivity contribution in [3.05, 3.63) is 94.0 Å². The number of fused-ring (bicyclic) bond motifs is 2. The molecule has 342 valence electrons. The van der Waals surface area contributed by atoms with E-state index in [2.05, 4.69) is 0 Å². The molecule has 0 saturated carbocycles. The fraction of sp³-hybridized carbons (Fsp3) is 0.136. The Morgan fingerprint density at radius 3 is 1.05 bits per heavy atom. The molecule has 0 fully saturated rings. The highest BCUT2D eigenvalue weighted by molar-refractivity contribution is 5.93. The summed E-state index contributed by atoms with van der Waals surface area (Å²) in [6, 6.07) is 8.30. The van der Waals surface area contributed by atoms with Gasteiger partial charge in [-0.05, 0) is 36.4 Å². The molecule has 0 saturated heterocycles. The molecule has 6 aromatic rings. The van der Waals surface area contributed by atoms with E-state index in [4.69, 9.17) is 18.9 Å². The van der Waals surface area contributed by atoms with Crippen molar-refractivity contribution < 1.29 is 110 Å². The van der Waals surface area contributed by atoms with Crippen molar-refractivity contribution in [1.29, 1.82) is 0 Å². The number of esters is 2. The van der Waals surface area contributed by atoms with E-state index in [-0.39, 0.29) is 22.6 Å². The number of aromatic hydroxyl groups is 16. The highest BCUT2D eigenvalue weighted by atomic mass is 16.6. The van der Waals surface area contributed by atoms with Crippen molar-refractivity contribution in [3.63, 3.8) is 0 Å². The van der Waals surface area contributed by atoms with Gasteiger partial charge in [-0.3, -0.25) is 0 Å². The van der Waals surface area contributed by atoms with Crippen LogP contribution >= 0.6 is 0 Å². The first-order valence-electron chi connectivity index (χ1n) is 19.0. The van der Waals surface area contributed by atoms with Gasteiger partial charge in [0.25, 0.3) is 0 Å². The Labute approximate surface area is 367 Å². The van der Waals surface area contributed by atoms with Gasteiger partial charge in [0.15, 0.2) is 69.7 Å². The van der Waals surface area contributed by atoms with E-state index >= 15 is 0 Å². The second-order valence-electron chi connectivity index (χ2n) is 15.1. The second-order valence-corrected chi connectivity index (χ2v) is 15.1. The van der Waals surface area contributed by atoms with Crippen molar-refractivity contribution in [3.8, 4) is 115 Å². The van der Waals surface area contributed by atoms with Gasteiger partial charge in [0.1, 0.15) is 46.7 Å². The quantitative estimate of drug-likeness (QED) is 0.0777. The maximum absolute atomic E-state index is 13.7. The summed E-state index contributed by atoms with van der Waals surface area (Å²) >= 11 is 0. The van der Waals surface area contributed by atoms with Gasteiger partial charge in [-0.2, -0.15) is 0 Å². The first-order valence-corrected chi connectivity index (χ1v) is 19.0. The summed E-state index contributed by atoms with van der Waals surface area (Å²) in [5.74, 6) is -18.5. The van der Waals surface area contributed by atoms with Gasteiger partial charge >= 0.3 is 11.9 Å². The predicted molar refractivity (Wildman–Crippen MR) is 217 cm³/mol. The minimum Gasteiger partial charge on any atom is -0.508 e. The molecular formula is C44H34O22. The summed E-state index contributed by atoms with van der Waals surface area (Å²) in [7, 11) is 0. The van der Waals surface area contributed by atoms with E-state index in [1.54, 1.807) is 0 Å². The van der Waals surface area contributed by atoms with Crippen molar-refractivity contribution >= 4 is 11.9 Å². The van der Waals surface area contributed by atoms with E-state index in [9.17, 15) is 91.3 Å².